The zero-order valence-electron chi connectivity index (χ0n) is 14.2. The number of imidazole rings is 1. The van der Waals surface area contributed by atoms with E-state index in [0.29, 0.717) is 23.7 Å². The summed E-state index contributed by atoms with van der Waals surface area (Å²) in [5.41, 5.74) is 4.11. The Kier molecular flexibility index (Phi) is 6.28. The highest BCUT2D eigenvalue weighted by Crippen LogP contribution is 2.13. The molecule has 0 aliphatic heterocycles. The molecule has 0 spiro atoms. The fraction of sp³-hybridized carbons (Fsp3) is 0.200. The SMILES string of the molecule is O=C(Nc1ccc(Cl)cc1)OCCc1ccc(CCc2c[nH]cn2)cc1. The van der Waals surface area contributed by atoms with Crippen LogP contribution in [0, 0.1) is 0 Å². The van der Waals surface area contributed by atoms with E-state index < -0.39 is 6.09 Å². The number of H-pyrrole nitrogens is 1. The maximum atomic E-state index is 11.8. The quantitative estimate of drug-likeness (QED) is 0.637. The fourth-order valence-electron chi connectivity index (χ4n) is 2.52. The number of nitrogens with zero attached hydrogens (tertiary/aromatic N) is 1. The Bertz CT molecular complexity index is 815. The fourth-order valence-corrected chi connectivity index (χ4v) is 2.65. The molecule has 0 saturated heterocycles. The van der Waals surface area contributed by atoms with Crippen molar-refractivity contribution >= 4 is 23.4 Å². The largest absolute Gasteiger partial charge is 0.449 e. The molecule has 2 aromatic carbocycles. The van der Waals surface area contributed by atoms with Gasteiger partial charge in [0.15, 0.2) is 0 Å². The van der Waals surface area contributed by atoms with Gasteiger partial charge >= 0.3 is 6.09 Å². The van der Waals surface area contributed by atoms with E-state index >= 15 is 0 Å². The average Bonchev–Trinajstić information content (AvgIpc) is 3.17. The molecule has 1 aromatic heterocycles. The van der Waals surface area contributed by atoms with Crippen LogP contribution in [0.3, 0.4) is 0 Å². The first-order valence-corrected chi connectivity index (χ1v) is 8.82. The second-order valence-electron chi connectivity index (χ2n) is 5.89. The van der Waals surface area contributed by atoms with Gasteiger partial charge in [-0.25, -0.2) is 9.78 Å². The lowest BCUT2D eigenvalue weighted by atomic mass is 10.1. The normalized spacial score (nSPS) is 10.5. The minimum absolute atomic E-state index is 0.325. The summed E-state index contributed by atoms with van der Waals surface area (Å²) in [5, 5.41) is 3.29. The number of ether oxygens (including phenoxy) is 1. The highest BCUT2D eigenvalue weighted by molar-refractivity contribution is 6.30. The summed E-state index contributed by atoms with van der Waals surface area (Å²) >= 11 is 5.81. The van der Waals surface area contributed by atoms with Crippen molar-refractivity contribution in [3.05, 3.63) is 82.9 Å². The van der Waals surface area contributed by atoms with Crippen LogP contribution in [0.15, 0.2) is 61.1 Å². The number of aromatic nitrogens is 2. The van der Waals surface area contributed by atoms with Crippen LogP contribution < -0.4 is 5.32 Å². The van der Waals surface area contributed by atoms with E-state index in [1.807, 2.05) is 6.20 Å². The van der Waals surface area contributed by atoms with Gasteiger partial charge in [0.05, 0.1) is 18.6 Å². The third-order valence-electron chi connectivity index (χ3n) is 3.96. The summed E-state index contributed by atoms with van der Waals surface area (Å²) in [7, 11) is 0. The van der Waals surface area contributed by atoms with Crippen LogP contribution in [0.25, 0.3) is 0 Å². The molecule has 0 aliphatic carbocycles. The van der Waals surface area contributed by atoms with Crippen LogP contribution in [0.1, 0.15) is 16.8 Å². The van der Waals surface area contributed by atoms with Crippen LogP contribution in [-0.2, 0) is 24.0 Å². The van der Waals surface area contributed by atoms with Gasteiger partial charge in [-0.05, 0) is 48.2 Å². The molecule has 0 aliphatic rings. The van der Waals surface area contributed by atoms with Gasteiger partial charge in [0.2, 0.25) is 0 Å². The maximum Gasteiger partial charge on any atom is 0.411 e. The van der Waals surface area contributed by atoms with Gasteiger partial charge < -0.3 is 9.72 Å². The number of carbonyl (C=O) groups excluding carboxylic acids is 1. The molecule has 0 saturated carbocycles. The summed E-state index contributed by atoms with van der Waals surface area (Å²) in [6, 6.07) is 15.2. The second-order valence-corrected chi connectivity index (χ2v) is 6.33. The number of aromatic amines is 1. The van der Waals surface area contributed by atoms with Crippen LogP contribution in [0.2, 0.25) is 5.02 Å². The standard InChI is InChI=1S/C20H20ClN3O2/c21-17-6-9-18(10-7-17)24-20(25)26-12-11-16-3-1-15(2-4-16)5-8-19-13-22-14-23-19/h1-4,6-7,9-10,13-14H,5,8,11-12H2,(H,22,23)(H,24,25). The molecule has 1 amide bonds. The van der Waals surface area contributed by atoms with E-state index in [2.05, 4.69) is 39.6 Å². The molecule has 3 rings (SSSR count). The molecule has 5 nitrogen and oxygen atoms in total. The zero-order valence-corrected chi connectivity index (χ0v) is 15.0. The van der Waals surface area contributed by atoms with E-state index in [1.54, 1.807) is 30.6 Å². The number of carbonyl (C=O) groups is 1. The smallest absolute Gasteiger partial charge is 0.411 e. The van der Waals surface area contributed by atoms with Crippen molar-refractivity contribution in [1.29, 1.82) is 0 Å². The second kappa shape index (κ2) is 9.06. The lowest BCUT2D eigenvalue weighted by molar-refractivity contribution is 0.163. The van der Waals surface area contributed by atoms with Crippen LogP contribution in [0.4, 0.5) is 10.5 Å². The first kappa shape index (κ1) is 18.0. The Labute approximate surface area is 157 Å². The van der Waals surface area contributed by atoms with E-state index in [0.717, 1.165) is 24.1 Å². The first-order chi connectivity index (χ1) is 12.7. The molecule has 3 aromatic rings. The Hall–Kier alpha value is -2.79. The number of rotatable bonds is 7. The molecule has 2 N–H and O–H groups in total. The number of benzene rings is 2. The predicted molar refractivity (Wildman–Crippen MR) is 103 cm³/mol. The van der Waals surface area contributed by atoms with Gasteiger partial charge in [-0.15, -0.1) is 0 Å². The number of anilines is 1. The minimum atomic E-state index is -0.469. The Morgan fingerprint density at radius 1 is 1.00 bits per heavy atom. The minimum Gasteiger partial charge on any atom is -0.449 e. The topological polar surface area (TPSA) is 67.0 Å². The Balaban J connectivity index is 1.38. The average molecular weight is 370 g/mol. The Morgan fingerprint density at radius 3 is 2.35 bits per heavy atom. The zero-order chi connectivity index (χ0) is 18.2. The van der Waals surface area contributed by atoms with Crippen molar-refractivity contribution in [2.45, 2.75) is 19.3 Å². The molecule has 26 heavy (non-hydrogen) atoms. The summed E-state index contributed by atoms with van der Waals surface area (Å²) in [6.07, 6.45) is 5.68. The number of hydrogen-bond acceptors (Lipinski definition) is 3. The van der Waals surface area contributed by atoms with Gasteiger partial charge in [-0.1, -0.05) is 35.9 Å². The third-order valence-corrected chi connectivity index (χ3v) is 4.21. The molecule has 134 valence electrons. The van der Waals surface area contributed by atoms with Gasteiger partial charge in [0.1, 0.15) is 0 Å². The lowest BCUT2D eigenvalue weighted by Gasteiger charge is -2.08. The number of aryl methyl sites for hydroxylation is 2. The molecular formula is C20H20ClN3O2. The summed E-state index contributed by atoms with van der Waals surface area (Å²) in [6.45, 7) is 0.325. The molecule has 0 radical (unpaired) electrons. The Morgan fingerprint density at radius 2 is 1.69 bits per heavy atom. The van der Waals surface area contributed by atoms with E-state index in [-0.39, 0.29) is 0 Å². The summed E-state index contributed by atoms with van der Waals surface area (Å²) in [4.78, 5) is 18.9. The van der Waals surface area contributed by atoms with Gasteiger partial charge in [-0.2, -0.15) is 0 Å². The van der Waals surface area contributed by atoms with Gasteiger partial charge in [0.25, 0.3) is 0 Å². The van der Waals surface area contributed by atoms with Crippen LogP contribution in [-0.4, -0.2) is 22.7 Å². The predicted octanol–water partition coefficient (Wildman–Crippen LogP) is 4.64. The number of halogens is 1. The molecule has 0 unspecified atom stereocenters. The highest BCUT2D eigenvalue weighted by atomic mass is 35.5. The molecule has 6 heteroatoms. The lowest BCUT2D eigenvalue weighted by Crippen LogP contribution is -2.15. The van der Waals surface area contributed by atoms with Crippen molar-refractivity contribution < 1.29 is 9.53 Å². The van der Waals surface area contributed by atoms with Crippen molar-refractivity contribution in [2.24, 2.45) is 0 Å². The molecule has 0 bridgehead atoms. The molecule has 0 fully saturated rings. The number of nitrogens with one attached hydrogen (secondary N) is 2. The maximum absolute atomic E-state index is 11.8. The number of amides is 1. The molecule has 0 atom stereocenters. The van der Waals surface area contributed by atoms with Crippen molar-refractivity contribution in [3.8, 4) is 0 Å². The van der Waals surface area contributed by atoms with Crippen molar-refractivity contribution in [1.82, 2.24) is 9.97 Å². The monoisotopic (exact) mass is 369 g/mol. The van der Waals surface area contributed by atoms with Crippen molar-refractivity contribution in [2.75, 3.05) is 11.9 Å². The van der Waals surface area contributed by atoms with Crippen LogP contribution in [0.5, 0.6) is 0 Å². The summed E-state index contributed by atoms with van der Waals surface area (Å²) < 4.78 is 5.21. The highest BCUT2D eigenvalue weighted by Gasteiger charge is 2.04. The van der Waals surface area contributed by atoms with E-state index in [9.17, 15) is 4.79 Å². The van der Waals surface area contributed by atoms with E-state index in [1.165, 1.54) is 5.56 Å². The van der Waals surface area contributed by atoms with Gasteiger partial charge in [0, 0.05) is 23.3 Å². The first-order valence-electron chi connectivity index (χ1n) is 8.44. The van der Waals surface area contributed by atoms with Crippen molar-refractivity contribution in [3.63, 3.8) is 0 Å². The number of hydrogen-bond donors (Lipinski definition) is 2. The molecule has 1 heterocycles. The van der Waals surface area contributed by atoms with Crippen LogP contribution >= 0.6 is 11.6 Å². The van der Waals surface area contributed by atoms with Gasteiger partial charge in [-0.3, -0.25) is 5.32 Å². The summed E-state index contributed by atoms with van der Waals surface area (Å²) in [5.74, 6) is 0. The molecular weight excluding hydrogens is 350 g/mol. The third kappa shape index (κ3) is 5.63. The van der Waals surface area contributed by atoms with E-state index in [4.69, 9.17) is 16.3 Å².